The lowest BCUT2D eigenvalue weighted by molar-refractivity contribution is -0.122. The number of nitrogens with one attached hydrogen (secondary N) is 1. The average molecular weight is 545 g/mol. The molecule has 36 heavy (non-hydrogen) atoms. The number of para-hydroxylation sites is 1. The smallest absolute Gasteiger partial charge is 0.336 e. The van der Waals surface area contributed by atoms with Gasteiger partial charge in [0.25, 0.3) is 11.8 Å². The number of fused-ring (bicyclic) bond motifs is 1. The highest BCUT2D eigenvalue weighted by molar-refractivity contribution is 9.10. The van der Waals surface area contributed by atoms with Crippen molar-refractivity contribution in [1.82, 2.24) is 5.32 Å². The van der Waals surface area contributed by atoms with E-state index < -0.39 is 23.7 Å². The quantitative estimate of drug-likeness (QED) is 0.247. The van der Waals surface area contributed by atoms with Crippen molar-refractivity contribution in [2.75, 3.05) is 4.90 Å². The first-order valence-corrected chi connectivity index (χ1v) is 11.8. The zero-order valence-electron chi connectivity index (χ0n) is 18.7. The van der Waals surface area contributed by atoms with Crippen LogP contribution < -0.4 is 15.0 Å². The van der Waals surface area contributed by atoms with E-state index in [0.717, 1.165) is 26.9 Å². The van der Waals surface area contributed by atoms with Crippen LogP contribution in [0, 0.1) is 5.82 Å². The summed E-state index contributed by atoms with van der Waals surface area (Å²) in [4.78, 5) is 39.2. The van der Waals surface area contributed by atoms with Gasteiger partial charge in [-0.25, -0.2) is 14.1 Å². The van der Waals surface area contributed by atoms with E-state index in [2.05, 4.69) is 21.2 Å². The number of carbonyl (C=O) groups excluding carboxylic acids is 3. The summed E-state index contributed by atoms with van der Waals surface area (Å²) < 4.78 is 21.5. The van der Waals surface area contributed by atoms with Crippen LogP contribution in [0.2, 0.25) is 0 Å². The van der Waals surface area contributed by atoms with Gasteiger partial charge in [-0.15, -0.1) is 0 Å². The summed E-state index contributed by atoms with van der Waals surface area (Å²) >= 11 is 3.41. The Morgan fingerprint density at radius 3 is 2.39 bits per heavy atom. The van der Waals surface area contributed by atoms with Gasteiger partial charge in [-0.05, 0) is 52.7 Å². The van der Waals surface area contributed by atoms with Crippen LogP contribution in [-0.2, 0) is 16.2 Å². The Morgan fingerprint density at radius 2 is 1.61 bits per heavy atom. The van der Waals surface area contributed by atoms with Crippen molar-refractivity contribution in [1.29, 1.82) is 0 Å². The van der Waals surface area contributed by atoms with E-state index in [4.69, 9.17) is 4.74 Å². The number of anilines is 1. The summed E-state index contributed by atoms with van der Waals surface area (Å²) in [5.41, 5.74) is 0.852. The number of barbiturate groups is 1. The zero-order chi connectivity index (χ0) is 25.2. The minimum absolute atomic E-state index is 0.247. The minimum atomic E-state index is -1.02. The molecule has 0 radical (unpaired) electrons. The first-order valence-electron chi connectivity index (χ1n) is 11.0. The molecule has 1 N–H and O–H groups in total. The number of halogens is 2. The molecule has 0 atom stereocenters. The SMILES string of the molecule is O=C1NC(=O)N(c2ccccc2F)C(=O)/C1=C\c1c(OCc2ccc(Br)cc2)ccc2ccccc12. The Bertz CT molecular complexity index is 1550. The Balaban J connectivity index is 1.59. The monoisotopic (exact) mass is 544 g/mol. The Morgan fingerprint density at radius 1 is 0.889 bits per heavy atom. The molecular weight excluding hydrogens is 527 g/mol. The first-order chi connectivity index (χ1) is 17.4. The summed E-state index contributed by atoms with van der Waals surface area (Å²) in [6, 6.07) is 23.1. The van der Waals surface area contributed by atoms with Gasteiger partial charge in [0, 0.05) is 10.0 Å². The van der Waals surface area contributed by atoms with Gasteiger partial charge in [-0.2, -0.15) is 0 Å². The number of hydrogen-bond acceptors (Lipinski definition) is 4. The number of ether oxygens (including phenoxy) is 1. The molecule has 4 aromatic rings. The summed E-state index contributed by atoms with van der Waals surface area (Å²) in [6.07, 6.45) is 1.39. The number of imide groups is 2. The maximum absolute atomic E-state index is 14.4. The number of nitrogens with zero attached hydrogens (tertiary/aromatic N) is 1. The number of carbonyl (C=O) groups is 3. The molecule has 1 saturated heterocycles. The average Bonchev–Trinajstić information content (AvgIpc) is 2.87. The molecule has 0 bridgehead atoms. The number of rotatable bonds is 5. The topological polar surface area (TPSA) is 75.7 Å². The molecule has 5 rings (SSSR count). The van der Waals surface area contributed by atoms with Crippen LogP contribution in [0.1, 0.15) is 11.1 Å². The fourth-order valence-corrected chi connectivity index (χ4v) is 4.21. The van der Waals surface area contributed by atoms with Crippen LogP contribution in [0.25, 0.3) is 16.8 Å². The third kappa shape index (κ3) is 4.50. The Labute approximate surface area is 214 Å². The Hall–Kier alpha value is -4.30. The second-order valence-electron chi connectivity index (χ2n) is 8.02. The molecule has 1 aliphatic rings. The van der Waals surface area contributed by atoms with Crippen molar-refractivity contribution in [3.63, 3.8) is 0 Å². The number of hydrogen-bond donors (Lipinski definition) is 1. The summed E-state index contributed by atoms with van der Waals surface area (Å²) in [7, 11) is 0. The molecular formula is C28H18BrFN2O4. The maximum Gasteiger partial charge on any atom is 0.336 e. The van der Waals surface area contributed by atoms with Gasteiger partial charge in [-0.3, -0.25) is 14.9 Å². The molecule has 0 aliphatic carbocycles. The fourth-order valence-electron chi connectivity index (χ4n) is 3.95. The standard InChI is InChI=1S/C28H18BrFN2O4/c29-19-12-9-17(10-13-19)16-36-25-14-11-18-5-1-2-6-20(18)21(25)15-22-26(33)31-28(35)32(27(22)34)24-8-4-3-7-23(24)30/h1-15H,16H2,(H,31,33,35)/b22-15-. The molecule has 4 amide bonds. The highest BCUT2D eigenvalue weighted by atomic mass is 79.9. The van der Waals surface area contributed by atoms with E-state index in [1.54, 1.807) is 6.07 Å². The second-order valence-corrected chi connectivity index (χ2v) is 8.94. The fraction of sp³-hybridized carbons (Fsp3) is 0.0357. The third-order valence-electron chi connectivity index (χ3n) is 5.72. The zero-order valence-corrected chi connectivity index (χ0v) is 20.3. The van der Waals surface area contributed by atoms with Crippen molar-refractivity contribution >= 4 is 56.3 Å². The van der Waals surface area contributed by atoms with Crippen molar-refractivity contribution in [3.8, 4) is 5.75 Å². The van der Waals surface area contributed by atoms with Crippen LogP contribution in [0.4, 0.5) is 14.9 Å². The van der Waals surface area contributed by atoms with Gasteiger partial charge in [0.15, 0.2) is 0 Å². The van der Waals surface area contributed by atoms with E-state index in [0.29, 0.717) is 16.2 Å². The normalized spacial score (nSPS) is 14.9. The molecule has 6 nitrogen and oxygen atoms in total. The molecule has 4 aromatic carbocycles. The van der Waals surface area contributed by atoms with Gasteiger partial charge >= 0.3 is 6.03 Å². The first kappa shape index (κ1) is 23.4. The number of amides is 4. The molecule has 0 aromatic heterocycles. The van der Waals surface area contributed by atoms with Crippen LogP contribution in [0.3, 0.4) is 0 Å². The van der Waals surface area contributed by atoms with Gasteiger partial charge < -0.3 is 4.74 Å². The molecule has 0 saturated carbocycles. The highest BCUT2D eigenvalue weighted by Gasteiger charge is 2.38. The van der Waals surface area contributed by atoms with E-state index in [-0.39, 0.29) is 17.9 Å². The largest absolute Gasteiger partial charge is 0.488 e. The van der Waals surface area contributed by atoms with E-state index >= 15 is 0 Å². The lowest BCUT2D eigenvalue weighted by Crippen LogP contribution is -2.54. The van der Waals surface area contributed by atoms with Crippen molar-refractivity contribution < 1.29 is 23.5 Å². The molecule has 0 unspecified atom stereocenters. The maximum atomic E-state index is 14.4. The van der Waals surface area contributed by atoms with Crippen LogP contribution in [0.5, 0.6) is 5.75 Å². The predicted octanol–water partition coefficient (Wildman–Crippen LogP) is 5.99. The van der Waals surface area contributed by atoms with Gasteiger partial charge in [0.2, 0.25) is 0 Å². The summed E-state index contributed by atoms with van der Waals surface area (Å²) in [6.45, 7) is 0.252. The molecule has 0 spiro atoms. The molecule has 8 heteroatoms. The highest BCUT2D eigenvalue weighted by Crippen LogP contribution is 2.32. The lowest BCUT2D eigenvalue weighted by atomic mass is 9.99. The van der Waals surface area contributed by atoms with E-state index in [9.17, 15) is 18.8 Å². The molecule has 1 aliphatic heterocycles. The van der Waals surface area contributed by atoms with Crippen molar-refractivity contribution in [3.05, 3.63) is 112 Å². The molecule has 178 valence electrons. The van der Waals surface area contributed by atoms with Crippen LogP contribution in [-0.4, -0.2) is 17.8 Å². The molecule has 1 heterocycles. The van der Waals surface area contributed by atoms with E-state index in [1.807, 2.05) is 54.6 Å². The summed E-state index contributed by atoms with van der Waals surface area (Å²) in [5.74, 6) is -2.12. The van der Waals surface area contributed by atoms with Gasteiger partial charge in [0.1, 0.15) is 23.7 Å². The summed E-state index contributed by atoms with van der Waals surface area (Å²) in [5, 5.41) is 3.74. The third-order valence-corrected chi connectivity index (χ3v) is 6.25. The predicted molar refractivity (Wildman–Crippen MR) is 138 cm³/mol. The number of urea groups is 1. The van der Waals surface area contributed by atoms with Crippen molar-refractivity contribution in [2.24, 2.45) is 0 Å². The number of benzene rings is 4. The van der Waals surface area contributed by atoms with E-state index in [1.165, 1.54) is 24.3 Å². The minimum Gasteiger partial charge on any atom is -0.488 e. The second kappa shape index (κ2) is 9.75. The van der Waals surface area contributed by atoms with Crippen LogP contribution in [0.15, 0.2) is 95.0 Å². The van der Waals surface area contributed by atoms with Gasteiger partial charge in [0.05, 0.1) is 5.69 Å². The lowest BCUT2D eigenvalue weighted by Gasteiger charge is -2.26. The Kier molecular flexibility index (Phi) is 6.35. The van der Waals surface area contributed by atoms with Crippen LogP contribution >= 0.6 is 15.9 Å². The van der Waals surface area contributed by atoms with Gasteiger partial charge in [-0.1, -0.05) is 70.5 Å². The van der Waals surface area contributed by atoms with Crippen molar-refractivity contribution in [2.45, 2.75) is 6.61 Å². The molecule has 1 fully saturated rings.